The van der Waals surface area contributed by atoms with E-state index in [1.165, 1.54) is 36.3 Å². The topological polar surface area (TPSA) is 142 Å². The number of hydrogen-bond acceptors (Lipinski definition) is 9. The second kappa shape index (κ2) is 8.86. The lowest BCUT2D eigenvalue weighted by molar-refractivity contribution is -0.387. The van der Waals surface area contributed by atoms with Gasteiger partial charge in [-0.25, -0.2) is 28.1 Å². The fourth-order valence-corrected chi connectivity index (χ4v) is 5.63. The van der Waals surface area contributed by atoms with E-state index < -0.39 is 32.9 Å². The number of ether oxygens (including phenoxy) is 1. The van der Waals surface area contributed by atoms with Crippen molar-refractivity contribution in [2.75, 3.05) is 12.4 Å². The Morgan fingerprint density at radius 2 is 2.13 bits per heavy atom. The standard InChI is InChI=1S/C18H20N6O5S2/c1-2-30-17-15-16(19-10-20-17)23(11-21-15)18-12(6-5-9-29-18)22-31(27,28)14-8-4-3-7-13(14)24(25)26/h3-4,7-8,10-12,18,22H,2,5-6,9H2,1H3. The van der Waals surface area contributed by atoms with Gasteiger partial charge in [-0.05, 0) is 24.7 Å². The fourth-order valence-electron chi connectivity index (χ4n) is 3.51. The van der Waals surface area contributed by atoms with Crippen LogP contribution in [0.2, 0.25) is 0 Å². The van der Waals surface area contributed by atoms with Crippen molar-refractivity contribution in [1.29, 1.82) is 0 Å². The maximum absolute atomic E-state index is 13.0. The monoisotopic (exact) mass is 464 g/mol. The SMILES string of the molecule is CCSc1ncnc2c1ncn2C1OCCCC1NS(=O)(=O)c1ccccc1[N+](=O)[O-]. The third-order valence-electron chi connectivity index (χ3n) is 4.83. The summed E-state index contributed by atoms with van der Waals surface area (Å²) in [4.78, 5) is 23.2. The highest BCUT2D eigenvalue weighted by atomic mass is 32.2. The zero-order chi connectivity index (χ0) is 22.0. The molecule has 164 valence electrons. The third-order valence-corrected chi connectivity index (χ3v) is 7.23. The second-order valence-corrected chi connectivity index (χ2v) is 9.73. The van der Waals surface area contributed by atoms with Gasteiger partial charge in [-0.2, -0.15) is 0 Å². The molecule has 31 heavy (non-hydrogen) atoms. The number of para-hydroxylation sites is 1. The molecular formula is C18H20N6O5S2. The predicted octanol–water partition coefficient (Wildman–Crippen LogP) is 2.50. The van der Waals surface area contributed by atoms with Crippen LogP contribution in [0.5, 0.6) is 0 Å². The number of hydrogen-bond donors (Lipinski definition) is 1. The van der Waals surface area contributed by atoms with Gasteiger partial charge in [0.25, 0.3) is 5.69 Å². The summed E-state index contributed by atoms with van der Waals surface area (Å²) in [5, 5.41) is 12.0. The van der Waals surface area contributed by atoms with E-state index in [0.29, 0.717) is 30.6 Å². The Hall–Kier alpha value is -2.61. The minimum atomic E-state index is -4.17. The molecule has 13 heteroatoms. The second-order valence-electron chi connectivity index (χ2n) is 6.79. The lowest BCUT2D eigenvalue weighted by Gasteiger charge is -2.32. The molecule has 1 aromatic carbocycles. The molecule has 1 aliphatic rings. The molecule has 3 heterocycles. The number of nitro groups is 1. The molecule has 3 aromatic rings. The highest BCUT2D eigenvalue weighted by Crippen LogP contribution is 2.31. The quantitative estimate of drug-likeness (QED) is 0.241. The van der Waals surface area contributed by atoms with Crippen molar-refractivity contribution in [2.24, 2.45) is 0 Å². The van der Waals surface area contributed by atoms with Gasteiger partial charge in [0.2, 0.25) is 10.0 Å². The zero-order valence-electron chi connectivity index (χ0n) is 16.5. The van der Waals surface area contributed by atoms with Crippen molar-refractivity contribution in [3.63, 3.8) is 0 Å². The van der Waals surface area contributed by atoms with E-state index in [2.05, 4.69) is 19.7 Å². The third kappa shape index (κ3) is 4.26. The Morgan fingerprint density at radius 1 is 1.32 bits per heavy atom. The zero-order valence-corrected chi connectivity index (χ0v) is 18.2. The number of benzene rings is 1. The summed E-state index contributed by atoms with van der Waals surface area (Å²) in [5.41, 5.74) is 0.668. The molecule has 0 radical (unpaired) electrons. The Kier molecular flexibility index (Phi) is 6.18. The predicted molar refractivity (Wildman–Crippen MR) is 113 cm³/mol. The molecular weight excluding hydrogens is 444 g/mol. The molecule has 1 fully saturated rings. The van der Waals surface area contributed by atoms with Crippen LogP contribution in [0.25, 0.3) is 11.2 Å². The largest absolute Gasteiger partial charge is 0.356 e. The van der Waals surface area contributed by atoms with Crippen LogP contribution < -0.4 is 4.72 Å². The Morgan fingerprint density at radius 3 is 2.90 bits per heavy atom. The van der Waals surface area contributed by atoms with Gasteiger partial charge in [0.1, 0.15) is 16.9 Å². The molecule has 0 aliphatic carbocycles. The molecule has 1 aliphatic heterocycles. The van der Waals surface area contributed by atoms with Gasteiger partial charge in [0.05, 0.1) is 17.3 Å². The van der Waals surface area contributed by atoms with Gasteiger partial charge in [-0.1, -0.05) is 19.1 Å². The molecule has 2 atom stereocenters. The average molecular weight is 465 g/mol. The van der Waals surface area contributed by atoms with Gasteiger partial charge < -0.3 is 4.74 Å². The van der Waals surface area contributed by atoms with Gasteiger partial charge in [-0.15, -0.1) is 11.8 Å². The number of fused-ring (bicyclic) bond motifs is 1. The van der Waals surface area contributed by atoms with Crippen molar-refractivity contribution in [2.45, 2.75) is 42.0 Å². The summed E-state index contributed by atoms with van der Waals surface area (Å²) in [6.07, 6.45) is 3.42. The summed E-state index contributed by atoms with van der Waals surface area (Å²) in [6, 6.07) is 4.59. The van der Waals surface area contributed by atoms with Gasteiger partial charge in [0, 0.05) is 12.7 Å². The Bertz CT molecular complexity index is 1220. The molecule has 0 amide bonds. The molecule has 4 rings (SSSR count). The molecule has 2 unspecified atom stereocenters. The van der Waals surface area contributed by atoms with Crippen LogP contribution in [-0.4, -0.2) is 51.3 Å². The number of rotatable bonds is 7. The molecule has 0 saturated carbocycles. The lowest BCUT2D eigenvalue weighted by Crippen LogP contribution is -2.44. The van der Waals surface area contributed by atoms with E-state index in [4.69, 9.17) is 4.74 Å². The van der Waals surface area contributed by atoms with Crippen LogP contribution in [0.4, 0.5) is 5.69 Å². The number of aromatic nitrogens is 4. The first-order chi connectivity index (χ1) is 14.9. The van der Waals surface area contributed by atoms with Crippen molar-refractivity contribution in [3.8, 4) is 0 Å². The van der Waals surface area contributed by atoms with E-state index in [9.17, 15) is 18.5 Å². The maximum atomic E-state index is 13.0. The smallest absolute Gasteiger partial charge is 0.289 e. The fraction of sp³-hybridized carbons (Fsp3) is 0.389. The van der Waals surface area contributed by atoms with E-state index in [-0.39, 0.29) is 4.90 Å². The normalized spacial score (nSPS) is 19.5. The van der Waals surface area contributed by atoms with Gasteiger partial charge >= 0.3 is 0 Å². The van der Waals surface area contributed by atoms with Crippen LogP contribution in [0.3, 0.4) is 0 Å². The number of nitrogens with one attached hydrogen (secondary N) is 1. The highest BCUT2D eigenvalue weighted by Gasteiger charge is 2.35. The Balaban J connectivity index is 1.69. The molecule has 0 bridgehead atoms. The highest BCUT2D eigenvalue weighted by molar-refractivity contribution is 7.99. The average Bonchev–Trinajstić information content (AvgIpc) is 3.19. The minimum absolute atomic E-state index is 0.385. The first-order valence-electron chi connectivity index (χ1n) is 9.60. The van der Waals surface area contributed by atoms with Crippen molar-refractivity contribution in [1.82, 2.24) is 24.2 Å². The number of sulfonamides is 1. The van der Waals surface area contributed by atoms with Gasteiger partial charge in [0.15, 0.2) is 16.8 Å². The van der Waals surface area contributed by atoms with Crippen LogP contribution in [0.15, 0.2) is 46.8 Å². The van der Waals surface area contributed by atoms with E-state index >= 15 is 0 Å². The molecule has 11 nitrogen and oxygen atoms in total. The molecule has 0 spiro atoms. The van der Waals surface area contributed by atoms with Gasteiger partial charge in [-0.3, -0.25) is 14.7 Å². The van der Waals surface area contributed by atoms with Crippen LogP contribution in [0.1, 0.15) is 26.0 Å². The number of thioether (sulfide) groups is 1. The summed E-state index contributed by atoms with van der Waals surface area (Å²) in [7, 11) is -4.17. The van der Waals surface area contributed by atoms with E-state index in [1.54, 1.807) is 10.9 Å². The summed E-state index contributed by atoms with van der Waals surface area (Å²) < 4.78 is 36.2. The van der Waals surface area contributed by atoms with Crippen molar-refractivity contribution < 1.29 is 18.1 Å². The van der Waals surface area contributed by atoms with Crippen molar-refractivity contribution in [3.05, 3.63) is 47.0 Å². The first-order valence-corrected chi connectivity index (χ1v) is 12.1. The minimum Gasteiger partial charge on any atom is -0.356 e. The van der Waals surface area contributed by atoms with Crippen LogP contribution >= 0.6 is 11.8 Å². The first kappa shape index (κ1) is 21.6. The van der Waals surface area contributed by atoms with Crippen molar-refractivity contribution >= 4 is 38.6 Å². The summed E-state index contributed by atoms with van der Waals surface area (Å²) >= 11 is 1.53. The van der Waals surface area contributed by atoms with E-state index in [1.807, 2.05) is 6.92 Å². The summed E-state index contributed by atoms with van der Waals surface area (Å²) in [5.74, 6) is 0.817. The number of nitrogens with zero attached hydrogens (tertiary/aromatic N) is 5. The molecule has 2 aromatic heterocycles. The number of nitro benzene ring substituents is 1. The Labute approximate surface area is 182 Å². The maximum Gasteiger partial charge on any atom is 0.289 e. The van der Waals surface area contributed by atoms with E-state index in [0.717, 1.165) is 16.8 Å². The lowest BCUT2D eigenvalue weighted by atomic mass is 10.1. The number of imidazole rings is 1. The molecule has 1 N–H and O–H groups in total. The van der Waals surface area contributed by atoms with Crippen LogP contribution in [0, 0.1) is 10.1 Å². The molecule has 1 saturated heterocycles. The summed E-state index contributed by atoms with van der Waals surface area (Å²) in [6.45, 7) is 2.45. The van der Waals surface area contributed by atoms with Crippen LogP contribution in [-0.2, 0) is 14.8 Å².